The highest BCUT2D eigenvalue weighted by molar-refractivity contribution is 9.11. The van der Waals surface area contributed by atoms with Gasteiger partial charge in [-0.25, -0.2) is 0 Å². The minimum atomic E-state index is -0.120. The molecule has 0 spiro atoms. The number of aliphatic hydroxyl groups is 1. The van der Waals surface area contributed by atoms with Crippen molar-refractivity contribution >= 4 is 33.2 Å². The van der Waals surface area contributed by atoms with Gasteiger partial charge in [-0.05, 0) is 46.3 Å². The van der Waals surface area contributed by atoms with E-state index in [1.165, 1.54) is 0 Å². The van der Waals surface area contributed by atoms with Crippen molar-refractivity contribution in [2.24, 2.45) is 0 Å². The first-order valence-electron chi connectivity index (χ1n) is 6.41. The van der Waals surface area contributed by atoms with Crippen LogP contribution in [0.2, 0.25) is 0 Å². The molecule has 0 radical (unpaired) electrons. The summed E-state index contributed by atoms with van der Waals surface area (Å²) >= 11 is 4.99. The van der Waals surface area contributed by atoms with Crippen molar-refractivity contribution in [2.45, 2.75) is 13.0 Å². The number of hydrogen-bond donors (Lipinski definition) is 2. The van der Waals surface area contributed by atoms with E-state index in [1.807, 2.05) is 18.2 Å². The summed E-state index contributed by atoms with van der Waals surface area (Å²) in [5, 5.41) is 11.6. The van der Waals surface area contributed by atoms with Crippen molar-refractivity contribution in [3.05, 3.63) is 56.2 Å². The molecule has 1 aromatic heterocycles. The number of thiophene rings is 1. The van der Waals surface area contributed by atoms with E-state index in [0.717, 1.165) is 14.2 Å². The molecule has 0 saturated heterocycles. The minimum absolute atomic E-state index is 0.0452. The third kappa shape index (κ3) is 5.01. The molecule has 2 N–H and O–H groups in total. The van der Waals surface area contributed by atoms with Crippen LogP contribution in [0.15, 0.2) is 40.2 Å². The fourth-order valence-electron chi connectivity index (χ4n) is 1.67. The van der Waals surface area contributed by atoms with Crippen LogP contribution in [0.3, 0.4) is 0 Å². The predicted octanol–water partition coefficient (Wildman–Crippen LogP) is 3.17. The maximum Gasteiger partial charge on any atom is 0.251 e. The van der Waals surface area contributed by atoms with E-state index in [1.54, 1.807) is 29.5 Å². The SMILES string of the molecule is O=C(NCc1ccc(Br)s1)c1cccc(C#CCCO)c1. The zero-order chi connectivity index (χ0) is 15.1. The number of rotatable bonds is 4. The van der Waals surface area contributed by atoms with Gasteiger partial charge in [0.05, 0.1) is 16.9 Å². The number of hydrogen-bond acceptors (Lipinski definition) is 3. The molecule has 3 nitrogen and oxygen atoms in total. The van der Waals surface area contributed by atoms with Gasteiger partial charge in [0.15, 0.2) is 0 Å². The normalized spacial score (nSPS) is 9.81. The lowest BCUT2D eigenvalue weighted by Gasteiger charge is -2.04. The Kier molecular flexibility index (Phi) is 6.00. The molecule has 5 heteroatoms. The monoisotopic (exact) mass is 363 g/mol. The number of aliphatic hydroxyl groups excluding tert-OH is 1. The summed E-state index contributed by atoms with van der Waals surface area (Å²) in [4.78, 5) is 13.2. The zero-order valence-corrected chi connectivity index (χ0v) is 13.6. The van der Waals surface area contributed by atoms with Gasteiger partial charge in [-0.15, -0.1) is 11.3 Å². The molecule has 21 heavy (non-hydrogen) atoms. The molecular weight excluding hydrogens is 350 g/mol. The third-order valence-electron chi connectivity index (χ3n) is 2.65. The quantitative estimate of drug-likeness (QED) is 0.819. The van der Waals surface area contributed by atoms with E-state index in [9.17, 15) is 4.79 Å². The molecule has 1 heterocycles. The highest BCUT2D eigenvalue weighted by atomic mass is 79.9. The third-order valence-corrected chi connectivity index (χ3v) is 4.27. The van der Waals surface area contributed by atoms with Crippen molar-refractivity contribution < 1.29 is 9.90 Å². The first-order valence-corrected chi connectivity index (χ1v) is 8.02. The molecule has 2 aromatic rings. The van der Waals surface area contributed by atoms with Gasteiger partial charge in [-0.2, -0.15) is 0 Å². The summed E-state index contributed by atoms with van der Waals surface area (Å²) in [5.74, 6) is 5.65. The fraction of sp³-hybridized carbons (Fsp3) is 0.188. The number of benzene rings is 1. The van der Waals surface area contributed by atoms with Gasteiger partial charge in [0, 0.05) is 22.4 Å². The van der Waals surface area contributed by atoms with Crippen molar-refractivity contribution in [3.63, 3.8) is 0 Å². The Morgan fingerprint density at radius 2 is 2.19 bits per heavy atom. The standard InChI is InChI=1S/C16H14BrNO2S/c17-15-8-7-14(21-15)11-18-16(20)13-6-3-5-12(10-13)4-1-2-9-19/h3,5-8,10,19H,2,9,11H2,(H,18,20). The Balaban J connectivity index is 1.99. The molecule has 0 fully saturated rings. The lowest BCUT2D eigenvalue weighted by molar-refractivity contribution is 0.0951. The van der Waals surface area contributed by atoms with Crippen LogP contribution in [-0.4, -0.2) is 17.6 Å². The van der Waals surface area contributed by atoms with Crippen molar-refractivity contribution in [1.82, 2.24) is 5.32 Å². The average Bonchev–Trinajstić information content (AvgIpc) is 2.91. The Hall–Kier alpha value is -1.61. The number of carbonyl (C=O) groups excluding carboxylic acids is 1. The Bertz CT molecular complexity index is 685. The molecule has 0 aliphatic carbocycles. The van der Waals surface area contributed by atoms with Gasteiger partial charge in [-0.1, -0.05) is 17.9 Å². The van der Waals surface area contributed by atoms with Crippen molar-refractivity contribution in [2.75, 3.05) is 6.61 Å². The summed E-state index contributed by atoms with van der Waals surface area (Å²) in [5.41, 5.74) is 1.36. The number of halogens is 1. The maximum atomic E-state index is 12.1. The fourth-order valence-corrected chi connectivity index (χ4v) is 3.10. The van der Waals surface area contributed by atoms with E-state index in [4.69, 9.17) is 5.11 Å². The molecule has 108 valence electrons. The van der Waals surface area contributed by atoms with Crippen LogP contribution in [0, 0.1) is 11.8 Å². The van der Waals surface area contributed by atoms with Gasteiger partial charge in [0.1, 0.15) is 0 Å². The second-order valence-electron chi connectivity index (χ2n) is 4.24. The molecule has 0 unspecified atom stereocenters. The molecule has 1 amide bonds. The van der Waals surface area contributed by atoms with Crippen LogP contribution in [0.1, 0.15) is 27.2 Å². The summed E-state index contributed by atoms with van der Waals surface area (Å²) in [7, 11) is 0. The summed E-state index contributed by atoms with van der Waals surface area (Å²) in [6.07, 6.45) is 0.434. The van der Waals surface area contributed by atoms with Crippen LogP contribution in [-0.2, 0) is 6.54 Å². The maximum absolute atomic E-state index is 12.1. The highest BCUT2D eigenvalue weighted by Gasteiger charge is 2.06. The summed E-state index contributed by atoms with van der Waals surface area (Å²) in [6.45, 7) is 0.555. The van der Waals surface area contributed by atoms with Crippen LogP contribution in [0.5, 0.6) is 0 Å². The second-order valence-corrected chi connectivity index (χ2v) is 6.79. The van der Waals surface area contributed by atoms with Gasteiger partial charge < -0.3 is 10.4 Å². The average molecular weight is 364 g/mol. The zero-order valence-electron chi connectivity index (χ0n) is 11.2. The topological polar surface area (TPSA) is 49.3 Å². The van der Waals surface area contributed by atoms with Crippen LogP contribution >= 0.6 is 27.3 Å². The van der Waals surface area contributed by atoms with Gasteiger partial charge in [0.25, 0.3) is 5.91 Å². The lowest BCUT2D eigenvalue weighted by Crippen LogP contribution is -2.22. The molecular formula is C16H14BrNO2S. The van der Waals surface area contributed by atoms with Crippen molar-refractivity contribution in [3.8, 4) is 11.8 Å². The largest absolute Gasteiger partial charge is 0.395 e. The van der Waals surface area contributed by atoms with Gasteiger partial charge >= 0.3 is 0 Å². The number of carbonyl (C=O) groups is 1. The number of nitrogens with one attached hydrogen (secondary N) is 1. The van der Waals surface area contributed by atoms with Crippen molar-refractivity contribution in [1.29, 1.82) is 0 Å². The van der Waals surface area contributed by atoms with Crippen LogP contribution in [0.25, 0.3) is 0 Å². The minimum Gasteiger partial charge on any atom is -0.395 e. The lowest BCUT2D eigenvalue weighted by atomic mass is 10.1. The van der Waals surface area contributed by atoms with Crippen LogP contribution < -0.4 is 5.32 Å². The molecule has 0 aliphatic heterocycles. The van der Waals surface area contributed by atoms with Gasteiger partial charge in [-0.3, -0.25) is 4.79 Å². The molecule has 2 rings (SSSR count). The van der Waals surface area contributed by atoms with Crippen LogP contribution in [0.4, 0.5) is 0 Å². The Morgan fingerprint density at radius 1 is 1.33 bits per heavy atom. The molecule has 1 aromatic carbocycles. The van der Waals surface area contributed by atoms with E-state index in [-0.39, 0.29) is 12.5 Å². The van der Waals surface area contributed by atoms with Gasteiger partial charge in [0.2, 0.25) is 0 Å². The Labute approximate surface area is 136 Å². The van der Waals surface area contributed by atoms with E-state index >= 15 is 0 Å². The molecule has 0 saturated carbocycles. The van der Waals surface area contributed by atoms with E-state index < -0.39 is 0 Å². The summed E-state index contributed by atoms with van der Waals surface area (Å²) in [6, 6.07) is 11.1. The van der Waals surface area contributed by atoms with E-state index in [0.29, 0.717) is 18.5 Å². The first kappa shape index (κ1) is 15.8. The second kappa shape index (κ2) is 7.99. The van der Waals surface area contributed by atoms with E-state index in [2.05, 4.69) is 33.1 Å². The highest BCUT2D eigenvalue weighted by Crippen LogP contribution is 2.21. The molecule has 0 aliphatic rings. The first-order chi connectivity index (χ1) is 10.2. The summed E-state index contributed by atoms with van der Waals surface area (Å²) < 4.78 is 1.05. The molecule has 0 atom stereocenters. The smallest absolute Gasteiger partial charge is 0.251 e. The number of amides is 1. The molecule has 0 bridgehead atoms. The Morgan fingerprint density at radius 3 is 2.90 bits per heavy atom. The predicted molar refractivity (Wildman–Crippen MR) is 88.2 cm³/mol.